The number of para-hydroxylation sites is 1. The van der Waals surface area contributed by atoms with Crippen molar-refractivity contribution in [3.63, 3.8) is 0 Å². The molecule has 0 N–H and O–H groups in total. The fourth-order valence-electron chi connectivity index (χ4n) is 1.25. The van der Waals surface area contributed by atoms with Crippen molar-refractivity contribution in [3.05, 3.63) is 30.3 Å². The highest BCUT2D eigenvalue weighted by atomic mass is 28.3. The van der Waals surface area contributed by atoms with Crippen molar-refractivity contribution in [1.82, 2.24) is 0 Å². The van der Waals surface area contributed by atoms with Gasteiger partial charge in [0.1, 0.15) is 5.75 Å². The lowest BCUT2D eigenvalue weighted by atomic mass is 10.3. The van der Waals surface area contributed by atoms with Crippen LogP contribution in [-0.2, 0) is 4.43 Å². The SMILES string of the molecule is CCC[SiH](OCC)Oc1ccccc1. The first kappa shape index (κ1) is 11.3. The molecule has 0 bridgehead atoms. The predicted molar refractivity (Wildman–Crippen MR) is 60.9 cm³/mol. The molecule has 1 aromatic carbocycles. The summed E-state index contributed by atoms with van der Waals surface area (Å²) in [4.78, 5) is 0. The van der Waals surface area contributed by atoms with Gasteiger partial charge in [-0.15, -0.1) is 0 Å². The lowest BCUT2D eigenvalue weighted by Crippen LogP contribution is -2.25. The van der Waals surface area contributed by atoms with E-state index in [2.05, 4.69) is 6.92 Å². The highest BCUT2D eigenvalue weighted by molar-refractivity contribution is 6.45. The van der Waals surface area contributed by atoms with E-state index in [1.54, 1.807) is 0 Å². The molecule has 0 aromatic heterocycles. The normalized spacial score (nSPS) is 12.4. The van der Waals surface area contributed by atoms with E-state index in [0.29, 0.717) is 0 Å². The van der Waals surface area contributed by atoms with Crippen molar-refractivity contribution in [2.45, 2.75) is 26.3 Å². The van der Waals surface area contributed by atoms with Crippen LogP contribution in [0.2, 0.25) is 6.04 Å². The molecule has 1 rings (SSSR count). The van der Waals surface area contributed by atoms with Crippen molar-refractivity contribution in [3.8, 4) is 5.75 Å². The first-order valence-electron chi connectivity index (χ1n) is 5.20. The van der Waals surface area contributed by atoms with Gasteiger partial charge in [0, 0.05) is 6.61 Å². The maximum atomic E-state index is 5.81. The van der Waals surface area contributed by atoms with Gasteiger partial charge in [-0.05, 0) is 25.1 Å². The molecule has 0 saturated heterocycles. The van der Waals surface area contributed by atoms with Crippen LogP contribution in [0.4, 0.5) is 0 Å². The topological polar surface area (TPSA) is 18.5 Å². The molecule has 0 aliphatic heterocycles. The fraction of sp³-hybridized carbons (Fsp3) is 0.455. The zero-order valence-electron chi connectivity index (χ0n) is 8.90. The maximum Gasteiger partial charge on any atom is 0.382 e. The Morgan fingerprint density at radius 3 is 2.43 bits per heavy atom. The summed E-state index contributed by atoms with van der Waals surface area (Å²) in [6.07, 6.45) is 1.13. The third-order valence-corrected chi connectivity index (χ3v) is 4.18. The molecule has 14 heavy (non-hydrogen) atoms. The highest BCUT2D eigenvalue weighted by Crippen LogP contribution is 2.12. The van der Waals surface area contributed by atoms with E-state index in [0.717, 1.165) is 24.8 Å². The second-order valence-corrected chi connectivity index (χ2v) is 5.11. The van der Waals surface area contributed by atoms with E-state index in [1.165, 1.54) is 0 Å². The van der Waals surface area contributed by atoms with Gasteiger partial charge >= 0.3 is 9.28 Å². The Balaban J connectivity index is 2.46. The third kappa shape index (κ3) is 3.94. The molecule has 0 aliphatic rings. The molecule has 1 unspecified atom stereocenters. The smallest absolute Gasteiger partial charge is 0.382 e. The van der Waals surface area contributed by atoms with Crippen LogP contribution in [0.5, 0.6) is 5.75 Å². The van der Waals surface area contributed by atoms with Crippen molar-refractivity contribution >= 4 is 9.28 Å². The molecular formula is C11H18O2Si. The Morgan fingerprint density at radius 2 is 1.86 bits per heavy atom. The Labute approximate surface area is 87.7 Å². The number of hydrogen-bond donors (Lipinski definition) is 0. The molecule has 0 heterocycles. The van der Waals surface area contributed by atoms with Crippen LogP contribution in [0.3, 0.4) is 0 Å². The van der Waals surface area contributed by atoms with Crippen molar-refractivity contribution in [2.75, 3.05) is 6.61 Å². The van der Waals surface area contributed by atoms with Crippen LogP contribution in [-0.4, -0.2) is 15.9 Å². The van der Waals surface area contributed by atoms with Crippen LogP contribution in [0.1, 0.15) is 20.3 Å². The van der Waals surface area contributed by atoms with Crippen LogP contribution >= 0.6 is 0 Å². The minimum Gasteiger partial charge on any atom is -0.522 e. The van der Waals surface area contributed by atoms with E-state index in [9.17, 15) is 0 Å². The lowest BCUT2D eigenvalue weighted by Gasteiger charge is -2.16. The monoisotopic (exact) mass is 210 g/mol. The zero-order chi connectivity index (χ0) is 10.2. The fourth-order valence-corrected chi connectivity index (χ4v) is 2.91. The number of benzene rings is 1. The van der Waals surface area contributed by atoms with Gasteiger partial charge in [0.05, 0.1) is 0 Å². The number of rotatable bonds is 6. The minimum absolute atomic E-state index is 0.754. The zero-order valence-corrected chi connectivity index (χ0v) is 10.1. The van der Waals surface area contributed by atoms with Crippen molar-refractivity contribution in [2.24, 2.45) is 0 Å². The molecule has 0 amide bonds. The lowest BCUT2D eigenvalue weighted by molar-refractivity contribution is 0.280. The molecule has 0 aliphatic carbocycles. The van der Waals surface area contributed by atoms with Gasteiger partial charge in [0.25, 0.3) is 0 Å². The molecule has 2 nitrogen and oxygen atoms in total. The summed E-state index contributed by atoms with van der Waals surface area (Å²) in [5.41, 5.74) is 0. The summed E-state index contributed by atoms with van der Waals surface area (Å²) in [6.45, 7) is 4.93. The maximum absolute atomic E-state index is 5.81. The van der Waals surface area contributed by atoms with Gasteiger partial charge in [0.15, 0.2) is 0 Å². The second-order valence-electron chi connectivity index (χ2n) is 3.10. The van der Waals surface area contributed by atoms with Gasteiger partial charge in [0.2, 0.25) is 0 Å². The second kappa shape index (κ2) is 6.62. The molecule has 3 heteroatoms. The molecule has 0 saturated carbocycles. The van der Waals surface area contributed by atoms with Crippen LogP contribution in [0.15, 0.2) is 30.3 Å². The predicted octanol–water partition coefficient (Wildman–Crippen LogP) is 2.73. The van der Waals surface area contributed by atoms with Crippen LogP contribution in [0.25, 0.3) is 0 Å². The number of hydrogen-bond acceptors (Lipinski definition) is 2. The highest BCUT2D eigenvalue weighted by Gasteiger charge is 2.12. The molecule has 0 radical (unpaired) electrons. The van der Waals surface area contributed by atoms with E-state index in [4.69, 9.17) is 8.85 Å². The Hall–Kier alpha value is -0.803. The summed E-state index contributed by atoms with van der Waals surface area (Å²) in [5, 5.41) is 0. The molecule has 78 valence electrons. The summed E-state index contributed by atoms with van der Waals surface area (Å²) in [6, 6.07) is 11.0. The molecular weight excluding hydrogens is 192 g/mol. The standard InChI is InChI=1S/C11H18O2Si/c1-3-10-14(12-4-2)13-11-8-6-5-7-9-11/h5-9,14H,3-4,10H2,1-2H3. The summed E-state index contributed by atoms with van der Waals surface area (Å²) in [5.74, 6) is 0.936. The van der Waals surface area contributed by atoms with Gasteiger partial charge in [-0.25, -0.2) is 0 Å². The Bertz CT molecular complexity index is 232. The summed E-state index contributed by atoms with van der Waals surface area (Å²) >= 11 is 0. The first-order chi connectivity index (χ1) is 6.86. The largest absolute Gasteiger partial charge is 0.522 e. The van der Waals surface area contributed by atoms with E-state index < -0.39 is 9.28 Å². The molecule has 1 aromatic rings. The van der Waals surface area contributed by atoms with Gasteiger partial charge in [-0.2, -0.15) is 0 Å². The van der Waals surface area contributed by atoms with E-state index in [-0.39, 0.29) is 0 Å². The molecule has 1 atom stereocenters. The summed E-state index contributed by atoms with van der Waals surface area (Å²) in [7, 11) is -1.46. The average Bonchev–Trinajstić information content (AvgIpc) is 2.20. The van der Waals surface area contributed by atoms with Crippen molar-refractivity contribution in [1.29, 1.82) is 0 Å². The average molecular weight is 210 g/mol. The first-order valence-corrected chi connectivity index (χ1v) is 6.96. The molecule has 0 fully saturated rings. The van der Waals surface area contributed by atoms with Gasteiger partial charge < -0.3 is 8.85 Å². The quantitative estimate of drug-likeness (QED) is 0.672. The van der Waals surface area contributed by atoms with Gasteiger partial charge in [-0.3, -0.25) is 0 Å². The third-order valence-electron chi connectivity index (χ3n) is 1.89. The van der Waals surface area contributed by atoms with E-state index >= 15 is 0 Å². The van der Waals surface area contributed by atoms with Crippen molar-refractivity contribution < 1.29 is 8.85 Å². The van der Waals surface area contributed by atoms with Crippen LogP contribution in [0, 0.1) is 0 Å². The van der Waals surface area contributed by atoms with Gasteiger partial charge in [-0.1, -0.05) is 31.5 Å². The Kier molecular flexibility index (Phi) is 5.33. The minimum atomic E-state index is -1.46. The molecule has 0 spiro atoms. The van der Waals surface area contributed by atoms with Crippen LogP contribution < -0.4 is 4.43 Å². The summed E-state index contributed by atoms with van der Waals surface area (Å²) < 4.78 is 11.4. The van der Waals surface area contributed by atoms with E-state index in [1.807, 2.05) is 37.3 Å². The Morgan fingerprint density at radius 1 is 1.14 bits per heavy atom.